The summed E-state index contributed by atoms with van der Waals surface area (Å²) in [6.07, 6.45) is 3.03. The highest BCUT2D eigenvalue weighted by Gasteiger charge is 2.09. The van der Waals surface area contributed by atoms with Gasteiger partial charge in [0.2, 0.25) is 5.91 Å². The first-order valence-corrected chi connectivity index (χ1v) is 11.4. The predicted octanol–water partition coefficient (Wildman–Crippen LogP) is 2.58. The van der Waals surface area contributed by atoms with Crippen LogP contribution in [0.15, 0.2) is 47.3 Å². The Hall–Kier alpha value is -2.68. The highest BCUT2D eigenvalue weighted by atomic mass is 32.1. The SMILES string of the molecule is O=C(CCOCCCc1ccccc1)NCCNCCc1ccc(O)c2[nH]c(=O)sc12. The zero-order valence-electron chi connectivity index (χ0n) is 17.5. The molecule has 0 saturated heterocycles. The highest BCUT2D eigenvalue weighted by molar-refractivity contribution is 7.16. The Bertz CT molecular complexity index is 1020. The molecular weight excluding hydrogens is 414 g/mol. The zero-order chi connectivity index (χ0) is 21.9. The van der Waals surface area contributed by atoms with Gasteiger partial charge in [-0.25, -0.2) is 0 Å². The quantitative estimate of drug-likeness (QED) is 0.304. The molecule has 0 unspecified atom stereocenters. The summed E-state index contributed by atoms with van der Waals surface area (Å²) in [5.74, 6) is 0.0788. The fourth-order valence-corrected chi connectivity index (χ4v) is 4.18. The van der Waals surface area contributed by atoms with E-state index in [9.17, 15) is 14.7 Å². The molecule has 3 aromatic rings. The van der Waals surface area contributed by atoms with Crippen molar-refractivity contribution in [3.8, 4) is 5.75 Å². The average Bonchev–Trinajstić information content (AvgIpc) is 3.17. The van der Waals surface area contributed by atoms with E-state index in [0.717, 1.165) is 40.9 Å². The zero-order valence-corrected chi connectivity index (χ0v) is 18.3. The molecule has 8 heteroatoms. The third-order valence-electron chi connectivity index (χ3n) is 4.90. The lowest BCUT2D eigenvalue weighted by Gasteiger charge is -2.08. The van der Waals surface area contributed by atoms with Gasteiger partial charge in [-0.2, -0.15) is 0 Å². The van der Waals surface area contributed by atoms with Crippen molar-refractivity contribution in [2.75, 3.05) is 32.8 Å². The van der Waals surface area contributed by atoms with Gasteiger partial charge in [-0.05, 0) is 43.0 Å². The first kappa shape index (κ1) is 23.0. The Kier molecular flexibility index (Phi) is 9.08. The minimum absolute atomic E-state index is 0.0119. The Morgan fingerprint density at radius 1 is 1.03 bits per heavy atom. The molecule has 1 aromatic heterocycles. The number of aromatic hydroxyl groups is 1. The van der Waals surface area contributed by atoms with Crippen LogP contribution < -0.4 is 15.5 Å². The van der Waals surface area contributed by atoms with Crippen LogP contribution in [0, 0.1) is 0 Å². The first-order valence-electron chi connectivity index (χ1n) is 10.6. The smallest absolute Gasteiger partial charge is 0.305 e. The van der Waals surface area contributed by atoms with Crippen molar-refractivity contribution in [3.63, 3.8) is 0 Å². The third kappa shape index (κ3) is 7.50. The molecule has 0 fully saturated rings. The van der Waals surface area contributed by atoms with Crippen LogP contribution in [0.5, 0.6) is 5.75 Å². The van der Waals surface area contributed by atoms with Crippen LogP contribution in [0.1, 0.15) is 24.0 Å². The third-order valence-corrected chi connectivity index (χ3v) is 5.86. The summed E-state index contributed by atoms with van der Waals surface area (Å²) in [7, 11) is 0. The number of aryl methyl sites for hydroxylation is 1. The van der Waals surface area contributed by atoms with Gasteiger partial charge in [0.25, 0.3) is 0 Å². The molecule has 0 atom stereocenters. The van der Waals surface area contributed by atoms with E-state index in [0.29, 0.717) is 44.8 Å². The molecule has 31 heavy (non-hydrogen) atoms. The molecule has 0 bridgehead atoms. The van der Waals surface area contributed by atoms with E-state index in [1.165, 1.54) is 5.56 Å². The number of phenolic OH excluding ortho intramolecular Hbond substituents is 1. The van der Waals surface area contributed by atoms with Gasteiger partial charge in [-0.15, -0.1) is 0 Å². The second-order valence-corrected chi connectivity index (χ2v) is 8.25. The number of amides is 1. The van der Waals surface area contributed by atoms with Crippen molar-refractivity contribution in [2.45, 2.75) is 25.7 Å². The first-order chi connectivity index (χ1) is 15.1. The van der Waals surface area contributed by atoms with E-state index < -0.39 is 0 Å². The molecule has 0 radical (unpaired) electrons. The Labute approximate surface area is 185 Å². The van der Waals surface area contributed by atoms with E-state index in [2.05, 4.69) is 27.8 Å². The van der Waals surface area contributed by atoms with Crippen molar-refractivity contribution in [2.24, 2.45) is 0 Å². The summed E-state index contributed by atoms with van der Waals surface area (Å²) in [5, 5.41) is 16.0. The Morgan fingerprint density at radius 3 is 2.71 bits per heavy atom. The minimum atomic E-state index is -0.173. The number of thiazole rings is 1. The van der Waals surface area contributed by atoms with Crippen LogP contribution in [0.2, 0.25) is 0 Å². The standard InChI is InChI=1S/C23H29N3O4S/c27-19-9-8-18(22-21(19)26-23(29)31-22)10-12-24-13-14-25-20(28)11-16-30-15-4-7-17-5-2-1-3-6-17/h1-3,5-6,8-9,24,27H,4,7,10-16H2,(H,25,28)(H,26,29). The summed E-state index contributed by atoms with van der Waals surface area (Å²) in [5.41, 5.74) is 2.81. The summed E-state index contributed by atoms with van der Waals surface area (Å²) in [6.45, 7) is 3.02. The largest absolute Gasteiger partial charge is 0.506 e. The highest BCUT2D eigenvalue weighted by Crippen LogP contribution is 2.27. The molecular formula is C23H29N3O4S. The maximum Gasteiger partial charge on any atom is 0.305 e. The second-order valence-electron chi connectivity index (χ2n) is 7.26. The lowest BCUT2D eigenvalue weighted by atomic mass is 10.1. The number of hydrogen-bond donors (Lipinski definition) is 4. The summed E-state index contributed by atoms with van der Waals surface area (Å²) in [6, 6.07) is 13.7. The maximum absolute atomic E-state index is 11.9. The van der Waals surface area contributed by atoms with E-state index in [-0.39, 0.29) is 16.5 Å². The van der Waals surface area contributed by atoms with Gasteiger partial charge >= 0.3 is 4.87 Å². The number of rotatable bonds is 13. The van der Waals surface area contributed by atoms with Gasteiger partial charge in [0.15, 0.2) is 0 Å². The maximum atomic E-state index is 11.9. The monoisotopic (exact) mass is 443 g/mol. The fourth-order valence-electron chi connectivity index (χ4n) is 3.29. The van der Waals surface area contributed by atoms with Crippen LogP contribution in [-0.4, -0.2) is 48.8 Å². The molecule has 1 heterocycles. The normalized spacial score (nSPS) is 11.1. The molecule has 166 valence electrons. The molecule has 2 aromatic carbocycles. The van der Waals surface area contributed by atoms with Crippen molar-refractivity contribution in [1.82, 2.24) is 15.6 Å². The van der Waals surface area contributed by atoms with Gasteiger partial charge in [-0.1, -0.05) is 47.7 Å². The second kappa shape index (κ2) is 12.2. The van der Waals surface area contributed by atoms with Crippen LogP contribution in [0.25, 0.3) is 10.2 Å². The molecule has 3 rings (SSSR count). The number of hydrogen-bond acceptors (Lipinski definition) is 6. The van der Waals surface area contributed by atoms with Gasteiger partial charge < -0.3 is 25.5 Å². The lowest BCUT2D eigenvalue weighted by Crippen LogP contribution is -2.33. The van der Waals surface area contributed by atoms with E-state index in [1.807, 2.05) is 24.3 Å². The molecule has 0 saturated carbocycles. The number of phenols is 1. The lowest BCUT2D eigenvalue weighted by molar-refractivity contribution is -0.122. The number of carbonyl (C=O) groups is 1. The van der Waals surface area contributed by atoms with Crippen molar-refractivity contribution in [3.05, 3.63) is 63.3 Å². The van der Waals surface area contributed by atoms with E-state index in [1.54, 1.807) is 6.07 Å². The molecule has 0 spiro atoms. The minimum Gasteiger partial charge on any atom is -0.506 e. The van der Waals surface area contributed by atoms with Gasteiger partial charge in [0, 0.05) is 26.1 Å². The summed E-state index contributed by atoms with van der Waals surface area (Å²) >= 11 is 1.11. The summed E-state index contributed by atoms with van der Waals surface area (Å²) in [4.78, 5) is 25.9. The van der Waals surface area contributed by atoms with Crippen LogP contribution in [0.4, 0.5) is 0 Å². The predicted molar refractivity (Wildman–Crippen MR) is 124 cm³/mol. The van der Waals surface area contributed by atoms with Crippen molar-refractivity contribution >= 4 is 27.5 Å². The number of ether oxygens (including phenoxy) is 1. The molecule has 0 aliphatic heterocycles. The fraction of sp³-hybridized carbons (Fsp3) is 0.391. The number of aromatic nitrogens is 1. The van der Waals surface area contributed by atoms with Gasteiger partial charge in [-0.3, -0.25) is 9.59 Å². The number of H-pyrrole nitrogens is 1. The van der Waals surface area contributed by atoms with Gasteiger partial charge in [0.05, 0.1) is 11.3 Å². The average molecular weight is 444 g/mol. The molecule has 1 amide bonds. The summed E-state index contributed by atoms with van der Waals surface area (Å²) < 4.78 is 6.34. The molecule has 0 aliphatic rings. The molecule has 7 nitrogen and oxygen atoms in total. The number of benzene rings is 2. The van der Waals surface area contributed by atoms with E-state index in [4.69, 9.17) is 4.74 Å². The number of nitrogens with one attached hydrogen (secondary N) is 3. The van der Waals surface area contributed by atoms with E-state index >= 15 is 0 Å². The number of fused-ring (bicyclic) bond motifs is 1. The Balaban J connectivity index is 1.21. The number of aromatic amines is 1. The van der Waals surface area contributed by atoms with Gasteiger partial charge in [0.1, 0.15) is 11.3 Å². The van der Waals surface area contributed by atoms with Crippen LogP contribution in [0.3, 0.4) is 0 Å². The molecule has 0 aliphatic carbocycles. The van der Waals surface area contributed by atoms with Crippen LogP contribution in [-0.2, 0) is 22.4 Å². The Morgan fingerprint density at radius 2 is 1.87 bits per heavy atom. The van der Waals surface area contributed by atoms with Crippen molar-refractivity contribution < 1.29 is 14.6 Å². The topological polar surface area (TPSA) is 103 Å². The molecule has 4 N–H and O–H groups in total. The number of carbonyl (C=O) groups excluding carboxylic acids is 1. The van der Waals surface area contributed by atoms with Crippen LogP contribution >= 0.6 is 11.3 Å². The van der Waals surface area contributed by atoms with Crippen molar-refractivity contribution in [1.29, 1.82) is 0 Å².